The minimum Gasteiger partial charge on any atom is -0.388 e. The molecule has 0 amide bonds. The molecule has 0 radical (unpaired) electrons. The van der Waals surface area contributed by atoms with Crippen LogP contribution < -0.4 is 10.6 Å². The molecule has 3 N–H and O–H groups in total. The summed E-state index contributed by atoms with van der Waals surface area (Å²) in [6, 6.07) is 11.7. The fraction of sp³-hybridized carbons (Fsp3) is 0.682. The number of aliphatic hydroxyl groups is 1. The molecule has 1 aromatic carbocycles. The smallest absolute Gasteiger partial charge is 0.191 e. The number of piperidine rings is 1. The molecule has 28 heavy (non-hydrogen) atoms. The summed E-state index contributed by atoms with van der Waals surface area (Å²) in [6.07, 6.45) is 6.23. The van der Waals surface area contributed by atoms with Crippen LogP contribution in [-0.4, -0.2) is 53.3 Å². The van der Waals surface area contributed by atoms with E-state index in [-0.39, 0.29) is 24.0 Å². The number of likely N-dealkylation sites (tertiary alicyclic amines) is 1. The van der Waals surface area contributed by atoms with Crippen molar-refractivity contribution in [2.75, 3.05) is 19.6 Å². The normalized spacial score (nSPS) is 25.2. The number of benzene rings is 1. The summed E-state index contributed by atoms with van der Waals surface area (Å²) in [5.41, 5.74) is 0.796. The molecule has 0 spiro atoms. The third-order valence-electron chi connectivity index (χ3n) is 5.99. The van der Waals surface area contributed by atoms with Gasteiger partial charge in [-0.3, -0.25) is 9.89 Å². The molecular weight excluding hydrogens is 463 g/mol. The zero-order chi connectivity index (χ0) is 19.1. The fourth-order valence-corrected chi connectivity index (χ4v) is 4.34. The maximum Gasteiger partial charge on any atom is 0.191 e. The summed E-state index contributed by atoms with van der Waals surface area (Å²) < 4.78 is 0. The molecule has 2 unspecified atom stereocenters. The second kappa shape index (κ2) is 11.4. The van der Waals surface area contributed by atoms with E-state index in [2.05, 4.69) is 59.7 Å². The standard InChI is InChI=1S/C22H36N4O.HI/c1-3-23-21(24-17-22(27)12-7-8-13-22)25-20-11-14-26(18(2)15-20)16-19-9-5-4-6-10-19;/h4-6,9-10,18,20,27H,3,7-8,11-17H2,1-2H3,(H2,23,24,25);1H. The van der Waals surface area contributed by atoms with Gasteiger partial charge in [-0.25, -0.2) is 0 Å². The Morgan fingerprint density at radius 2 is 1.96 bits per heavy atom. The lowest BCUT2D eigenvalue weighted by molar-refractivity contribution is 0.0573. The first-order valence-electron chi connectivity index (χ1n) is 10.6. The third-order valence-corrected chi connectivity index (χ3v) is 5.99. The summed E-state index contributed by atoms with van der Waals surface area (Å²) in [7, 11) is 0. The van der Waals surface area contributed by atoms with Crippen LogP contribution in [0, 0.1) is 0 Å². The van der Waals surface area contributed by atoms with Gasteiger partial charge in [0.2, 0.25) is 0 Å². The van der Waals surface area contributed by atoms with E-state index in [0.717, 1.165) is 64.1 Å². The van der Waals surface area contributed by atoms with Crippen molar-refractivity contribution >= 4 is 29.9 Å². The predicted octanol–water partition coefficient (Wildman–Crippen LogP) is 3.52. The van der Waals surface area contributed by atoms with Gasteiger partial charge in [0.15, 0.2) is 5.96 Å². The van der Waals surface area contributed by atoms with Crippen LogP contribution in [0.3, 0.4) is 0 Å². The molecule has 1 aromatic rings. The molecule has 2 aliphatic rings. The highest BCUT2D eigenvalue weighted by Crippen LogP contribution is 2.29. The van der Waals surface area contributed by atoms with E-state index in [1.807, 2.05) is 0 Å². The highest BCUT2D eigenvalue weighted by Gasteiger charge is 2.31. The van der Waals surface area contributed by atoms with E-state index in [0.29, 0.717) is 18.6 Å². The first kappa shape index (κ1) is 23.4. The quantitative estimate of drug-likeness (QED) is 0.318. The maximum absolute atomic E-state index is 10.6. The van der Waals surface area contributed by atoms with E-state index in [1.165, 1.54) is 5.56 Å². The molecule has 158 valence electrons. The number of aliphatic imine (C=N–C) groups is 1. The van der Waals surface area contributed by atoms with Crippen LogP contribution in [0.2, 0.25) is 0 Å². The van der Waals surface area contributed by atoms with E-state index < -0.39 is 5.60 Å². The summed E-state index contributed by atoms with van der Waals surface area (Å²) >= 11 is 0. The zero-order valence-electron chi connectivity index (χ0n) is 17.4. The third kappa shape index (κ3) is 6.88. The Bertz CT molecular complexity index is 604. The number of halogens is 1. The van der Waals surface area contributed by atoms with Crippen molar-refractivity contribution in [1.82, 2.24) is 15.5 Å². The number of rotatable bonds is 6. The second-order valence-electron chi connectivity index (χ2n) is 8.30. The summed E-state index contributed by atoms with van der Waals surface area (Å²) in [6.45, 7) is 7.87. The number of hydrogen-bond acceptors (Lipinski definition) is 3. The van der Waals surface area contributed by atoms with Crippen LogP contribution in [0.4, 0.5) is 0 Å². The van der Waals surface area contributed by atoms with Crippen molar-refractivity contribution in [3.05, 3.63) is 35.9 Å². The average Bonchev–Trinajstić information content (AvgIpc) is 3.10. The van der Waals surface area contributed by atoms with Crippen LogP contribution >= 0.6 is 24.0 Å². The molecule has 1 aliphatic heterocycles. The molecule has 0 aromatic heterocycles. The van der Waals surface area contributed by atoms with Crippen molar-refractivity contribution in [3.8, 4) is 0 Å². The van der Waals surface area contributed by atoms with Crippen LogP contribution in [0.15, 0.2) is 35.3 Å². The van der Waals surface area contributed by atoms with Gasteiger partial charge in [-0.2, -0.15) is 0 Å². The van der Waals surface area contributed by atoms with Gasteiger partial charge in [0.05, 0.1) is 12.1 Å². The largest absolute Gasteiger partial charge is 0.388 e. The highest BCUT2D eigenvalue weighted by molar-refractivity contribution is 14.0. The number of guanidine groups is 1. The monoisotopic (exact) mass is 500 g/mol. The maximum atomic E-state index is 10.6. The summed E-state index contributed by atoms with van der Waals surface area (Å²) in [5.74, 6) is 0.853. The van der Waals surface area contributed by atoms with Crippen molar-refractivity contribution < 1.29 is 5.11 Å². The van der Waals surface area contributed by atoms with Gasteiger partial charge in [0, 0.05) is 31.7 Å². The highest BCUT2D eigenvalue weighted by atomic mass is 127. The SMILES string of the molecule is CCNC(=NCC1(O)CCCC1)NC1CCN(Cc2ccccc2)C(C)C1.I. The van der Waals surface area contributed by atoms with Crippen LogP contribution in [0.5, 0.6) is 0 Å². The number of nitrogens with zero attached hydrogens (tertiary/aromatic N) is 2. The summed E-state index contributed by atoms with van der Waals surface area (Å²) in [5, 5.41) is 17.5. The predicted molar refractivity (Wildman–Crippen MR) is 127 cm³/mol. The number of nitrogens with one attached hydrogen (secondary N) is 2. The van der Waals surface area contributed by atoms with Gasteiger partial charge in [0.1, 0.15) is 0 Å². The topological polar surface area (TPSA) is 59.9 Å². The first-order chi connectivity index (χ1) is 13.1. The zero-order valence-corrected chi connectivity index (χ0v) is 19.7. The Kier molecular flexibility index (Phi) is 9.50. The van der Waals surface area contributed by atoms with E-state index in [1.54, 1.807) is 0 Å². The van der Waals surface area contributed by atoms with Gasteiger partial charge in [-0.15, -0.1) is 24.0 Å². The molecule has 2 fully saturated rings. The van der Waals surface area contributed by atoms with Gasteiger partial charge < -0.3 is 15.7 Å². The Morgan fingerprint density at radius 1 is 1.25 bits per heavy atom. The lowest BCUT2D eigenvalue weighted by atomic mass is 9.97. The molecule has 2 atom stereocenters. The van der Waals surface area contributed by atoms with Gasteiger partial charge >= 0.3 is 0 Å². The Labute approximate surface area is 187 Å². The van der Waals surface area contributed by atoms with Crippen LogP contribution in [-0.2, 0) is 6.54 Å². The van der Waals surface area contributed by atoms with E-state index in [9.17, 15) is 5.11 Å². The molecule has 1 saturated heterocycles. The van der Waals surface area contributed by atoms with Gasteiger partial charge in [-0.1, -0.05) is 43.2 Å². The van der Waals surface area contributed by atoms with E-state index >= 15 is 0 Å². The van der Waals surface area contributed by atoms with Crippen molar-refractivity contribution in [3.63, 3.8) is 0 Å². The Morgan fingerprint density at radius 3 is 2.61 bits per heavy atom. The van der Waals surface area contributed by atoms with Crippen LogP contribution in [0.1, 0.15) is 57.9 Å². The number of hydrogen-bond donors (Lipinski definition) is 3. The summed E-state index contributed by atoms with van der Waals surface area (Å²) in [4.78, 5) is 7.27. The van der Waals surface area contributed by atoms with Gasteiger partial charge in [0.25, 0.3) is 0 Å². The lowest BCUT2D eigenvalue weighted by Crippen LogP contribution is -2.51. The first-order valence-corrected chi connectivity index (χ1v) is 10.6. The van der Waals surface area contributed by atoms with Crippen molar-refractivity contribution in [2.45, 2.75) is 76.6 Å². The van der Waals surface area contributed by atoms with Gasteiger partial charge in [-0.05, 0) is 45.1 Å². The molecule has 5 nitrogen and oxygen atoms in total. The minimum atomic E-state index is -0.589. The molecule has 3 rings (SSSR count). The molecule has 1 saturated carbocycles. The van der Waals surface area contributed by atoms with E-state index in [4.69, 9.17) is 4.99 Å². The second-order valence-corrected chi connectivity index (χ2v) is 8.30. The lowest BCUT2D eigenvalue weighted by Gasteiger charge is -2.38. The van der Waals surface area contributed by atoms with Crippen molar-refractivity contribution in [2.24, 2.45) is 4.99 Å². The van der Waals surface area contributed by atoms with Crippen molar-refractivity contribution in [1.29, 1.82) is 0 Å². The Balaban J connectivity index is 0.00000280. The average molecular weight is 500 g/mol. The molecule has 1 heterocycles. The molecular formula is C22H37IN4O. The fourth-order valence-electron chi connectivity index (χ4n) is 4.34. The molecule has 6 heteroatoms. The minimum absolute atomic E-state index is 0. The molecule has 1 aliphatic carbocycles. The Hall–Kier alpha value is -0.860. The molecule has 0 bridgehead atoms. The van der Waals surface area contributed by atoms with Crippen LogP contribution in [0.25, 0.3) is 0 Å².